The van der Waals surface area contributed by atoms with Gasteiger partial charge in [0, 0.05) is 26.7 Å². The summed E-state index contributed by atoms with van der Waals surface area (Å²) < 4.78 is 130. The first-order valence-corrected chi connectivity index (χ1v) is 14.8. The Morgan fingerprint density at radius 3 is 2.02 bits per heavy atom. The van der Waals surface area contributed by atoms with Gasteiger partial charge in [0.25, 0.3) is 5.95 Å². The van der Waals surface area contributed by atoms with Gasteiger partial charge in [-0.05, 0) is 79.4 Å². The first-order chi connectivity index (χ1) is 22.6. The number of carbonyl (C=O) groups excluding carboxylic acids is 2. The van der Waals surface area contributed by atoms with Gasteiger partial charge in [0.15, 0.2) is 0 Å². The second-order valence-electron chi connectivity index (χ2n) is 11.8. The number of amides is 2. The normalized spacial score (nSPS) is 16.8. The van der Waals surface area contributed by atoms with E-state index in [9.17, 15) is 49.1 Å². The Bertz CT molecular complexity index is 1640. The van der Waals surface area contributed by atoms with Crippen LogP contribution in [0.15, 0.2) is 36.4 Å². The number of ether oxygens (including phenoxy) is 1. The highest BCUT2D eigenvalue weighted by molar-refractivity contribution is 5.90. The summed E-state index contributed by atoms with van der Waals surface area (Å²) in [5.74, 6) is -0.898. The van der Waals surface area contributed by atoms with E-state index in [0.29, 0.717) is 12.1 Å². The van der Waals surface area contributed by atoms with E-state index in [1.54, 1.807) is 20.8 Å². The minimum absolute atomic E-state index is 0.0260. The summed E-state index contributed by atoms with van der Waals surface area (Å²) in [4.78, 5) is 29.9. The summed E-state index contributed by atoms with van der Waals surface area (Å²) in [7, 11) is 2.88. The van der Waals surface area contributed by atoms with Gasteiger partial charge in [-0.25, -0.2) is 4.79 Å². The average molecular weight is 710 g/mol. The Balaban J connectivity index is 1.96. The number of fused-ring (bicyclic) bond motifs is 1. The fourth-order valence-electron chi connectivity index (χ4n) is 5.36. The van der Waals surface area contributed by atoms with Crippen LogP contribution in [0.3, 0.4) is 0 Å². The van der Waals surface area contributed by atoms with Crippen molar-refractivity contribution in [1.29, 1.82) is 0 Å². The zero-order chi connectivity index (χ0) is 36.6. The lowest BCUT2D eigenvalue weighted by molar-refractivity contribution is -0.143. The third-order valence-corrected chi connectivity index (χ3v) is 7.69. The van der Waals surface area contributed by atoms with Gasteiger partial charge in [0.05, 0.1) is 34.5 Å². The van der Waals surface area contributed by atoms with Crippen LogP contribution >= 0.6 is 0 Å². The molecule has 0 N–H and O–H groups in total. The molecule has 10 nitrogen and oxygen atoms in total. The van der Waals surface area contributed by atoms with E-state index in [0.717, 1.165) is 27.9 Å². The highest BCUT2D eigenvalue weighted by Crippen LogP contribution is 2.46. The molecule has 0 unspecified atom stereocenters. The van der Waals surface area contributed by atoms with Crippen LogP contribution < -0.4 is 9.80 Å². The number of alkyl halides is 9. The van der Waals surface area contributed by atoms with Crippen LogP contribution in [0.4, 0.5) is 55.9 Å². The maximum Gasteiger partial charge on any atom is 0.416 e. The van der Waals surface area contributed by atoms with Crippen LogP contribution in [0.2, 0.25) is 0 Å². The fraction of sp³-hybridized carbons (Fsp3) is 0.500. The highest BCUT2D eigenvalue weighted by Gasteiger charge is 2.43. The second kappa shape index (κ2) is 13.7. The number of halogens is 9. The first-order valence-electron chi connectivity index (χ1n) is 14.8. The number of carbonyl (C=O) groups is 2. The Hall–Kier alpha value is -4.58. The van der Waals surface area contributed by atoms with Crippen LogP contribution in [-0.4, -0.2) is 63.3 Å². The van der Waals surface area contributed by atoms with Crippen LogP contribution in [0.5, 0.6) is 0 Å². The van der Waals surface area contributed by atoms with Crippen molar-refractivity contribution in [1.82, 2.24) is 25.1 Å². The number of hydrogen-bond acceptors (Lipinski definition) is 7. The number of aromatic nitrogens is 4. The van der Waals surface area contributed by atoms with Gasteiger partial charge >= 0.3 is 24.6 Å². The molecule has 2 heterocycles. The van der Waals surface area contributed by atoms with Crippen molar-refractivity contribution in [2.75, 3.05) is 23.9 Å². The lowest BCUT2D eigenvalue weighted by Crippen LogP contribution is -2.48. The quantitative estimate of drug-likeness (QED) is 0.230. The SMILES string of the molecule is CC[C@@H]1C[C@H](N(Cc2cc(C(F)(F)F)cc(C(F)(F)F)c2)c2nnn(CC(=O)N(C)C)n2)c2cc(C(F)(F)F)ccc2N1C(=O)OC(C)C. The molecule has 4 rings (SSSR count). The largest absolute Gasteiger partial charge is 0.446 e. The minimum Gasteiger partial charge on any atom is -0.446 e. The van der Waals surface area contributed by atoms with Crippen molar-refractivity contribution in [3.8, 4) is 0 Å². The van der Waals surface area contributed by atoms with E-state index >= 15 is 0 Å². The standard InChI is InChI=1S/C30H32F9N7O3/c1-6-21-13-24(22-12-18(28(31,32)33)7-8-23(22)46(21)27(48)49-16(2)3)44(26-40-42-45(41-26)15-25(47)43(4)5)14-17-9-19(29(34,35)36)11-20(10-17)30(37,38)39/h7-12,16,21,24H,6,13-15H2,1-5H3/t21-,24+/m1/s1. The number of nitrogens with zero attached hydrogens (tertiary/aromatic N) is 7. The van der Waals surface area contributed by atoms with Crippen molar-refractivity contribution in [3.05, 3.63) is 64.2 Å². The smallest absolute Gasteiger partial charge is 0.416 e. The molecule has 0 spiro atoms. The third-order valence-electron chi connectivity index (χ3n) is 7.69. The minimum atomic E-state index is -5.18. The maximum atomic E-state index is 14.0. The summed E-state index contributed by atoms with van der Waals surface area (Å²) in [6.45, 7) is 3.60. The summed E-state index contributed by atoms with van der Waals surface area (Å²) in [5, 5.41) is 11.8. The predicted octanol–water partition coefficient (Wildman–Crippen LogP) is 7.10. The summed E-state index contributed by atoms with van der Waals surface area (Å²) in [6.07, 6.45) is -16.7. The Kier molecular flexibility index (Phi) is 10.4. The van der Waals surface area contributed by atoms with E-state index in [4.69, 9.17) is 4.74 Å². The van der Waals surface area contributed by atoms with Crippen molar-refractivity contribution in [3.63, 3.8) is 0 Å². The van der Waals surface area contributed by atoms with Gasteiger partial charge < -0.3 is 14.5 Å². The molecule has 2 atom stereocenters. The molecule has 2 aromatic carbocycles. The van der Waals surface area contributed by atoms with Gasteiger partial charge in [-0.1, -0.05) is 12.0 Å². The van der Waals surface area contributed by atoms with Gasteiger partial charge in [0.2, 0.25) is 5.91 Å². The van der Waals surface area contributed by atoms with Crippen molar-refractivity contribution >= 4 is 23.6 Å². The summed E-state index contributed by atoms with van der Waals surface area (Å²) in [6, 6.07) is 1.46. The Labute approximate surface area is 274 Å². The molecule has 3 aromatic rings. The van der Waals surface area contributed by atoms with E-state index in [-0.39, 0.29) is 30.2 Å². The molecule has 1 aliphatic heterocycles. The molecule has 0 radical (unpaired) electrons. The molecule has 1 aromatic heterocycles. The molecule has 1 aliphatic rings. The van der Waals surface area contributed by atoms with Crippen LogP contribution in [-0.2, 0) is 41.1 Å². The van der Waals surface area contributed by atoms with Crippen LogP contribution in [0.1, 0.15) is 67.5 Å². The van der Waals surface area contributed by atoms with Crippen LogP contribution in [0, 0.1) is 0 Å². The molecule has 19 heteroatoms. The average Bonchev–Trinajstić information content (AvgIpc) is 3.44. The maximum absolute atomic E-state index is 14.0. The van der Waals surface area contributed by atoms with Crippen molar-refractivity contribution < 1.29 is 53.8 Å². The number of hydrogen-bond donors (Lipinski definition) is 0. The van der Waals surface area contributed by atoms with Crippen molar-refractivity contribution in [2.24, 2.45) is 0 Å². The van der Waals surface area contributed by atoms with Crippen molar-refractivity contribution in [2.45, 2.75) is 83.4 Å². The number of rotatable bonds is 8. The number of benzene rings is 2. The molecular formula is C30H32F9N7O3. The zero-order valence-corrected chi connectivity index (χ0v) is 26.8. The molecule has 268 valence electrons. The monoisotopic (exact) mass is 709 g/mol. The fourth-order valence-corrected chi connectivity index (χ4v) is 5.36. The van der Waals surface area contributed by atoms with E-state index in [2.05, 4.69) is 15.4 Å². The summed E-state index contributed by atoms with van der Waals surface area (Å²) >= 11 is 0. The van der Waals surface area contributed by atoms with E-state index in [1.807, 2.05) is 0 Å². The number of likely N-dealkylation sites (N-methyl/N-ethyl adjacent to an activating group) is 1. The number of anilines is 2. The van der Waals surface area contributed by atoms with Gasteiger partial charge in [-0.2, -0.15) is 44.3 Å². The number of tetrazole rings is 1. The Morgan fingerprint density at radius 1 is 0.918 bits per heavy atom. The summed E-state index contributed by atoms with van der Waals surface area (Å²) in [5.41, 5.74) is -5.04. The van der Waals surface area contributed by atoms with Crippen LogP contribution in [0.25, 0.3) is 0 Å². The highest BCUT2D eigenvalue weighted by atomic mass is 19.4. The van der Waals surface area contributed by atoms with E-state index < -0.39 is 90.0 Å². The molecule has 0 saturated carbocycles. The van der Waals surface area contributed by atoms with Gasteiger partial charge in [-0.3, -0.25) is 9.69 Å². The second-order valence-corrected chi connectivity index (χ2v) is 11.8. The first kappa shape index (κ1) is 37.2. The molecule has 0 saturated heterocycles. The molecule has 0 fully saturated rings. The Morgan fingerprint density at radius 2 is 1.51 bits per heavy atom. The predicted molar refractivity (Wildman–Crippen MR) is 156 cm³/mol. The molecule has 0 aliphatic carbocycles. The molecular weight excluding hydrogens is 677 g/mol. The molecule has 2 amide bonds. The molecule has 49 heavy (non-hydrogen) atoms. The van der Waals surface area contributed by atoms with Gasteiger partial charge in [0.1, 0.15) is 6.54 Å². The van der Waals surface area contributed by atoms with E-state index in [1.165, 1.54) is 23.9 Å². The lowest BCUT2D eigenvalue weighted by atomic mass is 9.87. The van der Waals surface area contributed by atoms with Gasteiger partial charge in [-0.15, -0.1) is 5.10 Å². The zero-order valence-electron chi connectivity index (χ0n) is 26.8. The topological polar surface area (TPSA) is 96.7 Å². The third kappa shape index (κ3) is 8.54. The lowest BCUT2D eigenvalue weighted by Gasteiger charge is -2.44. The molecule has 0 bridgehead atoms.